The predicted molar refractivity (Wildman–Crippen MR) is 99.2 cm³/mol. The first-order chi connectivity index (χ1) is 13.2. The van der Waals surface area contributed by atoms with Crippen molar-refractivity contribution in [3.63, 3.8) is 0 Å². The van der Waals surface area contributed by atoms with Crippen LogP contribution in [0.25, 0.3) is 11.5 Å². The van der Waals surface area contributed by atoms with E-state index in [-0.39, 0.29) is 18.6 Å². The Morgan fingerprint density at radius 1 is 1.30 bits per heavy atom. The van der Waals surface area contributed by atoms with Crippen LogP contribution >= 0.6 is 0 Å². The van der Waals surface area contributed by atoms with Crippen LogP contribution < -0.4 is 15.4 Å². The second kappa shape index (κ2) is 7.45. The van der Waals surface area contributed by atoms with E-state index in [1.807, 2.05) is 43.3 Å². The highest BCUT2D eigenvalue weighted by Gasteiger charge is 2.22. The standard InChI is InChI=1S/C19H20N6O2/c1-12-5-4-6-13-9-14(11-27-17(12)13)22-19(26)21-10-16-23-18(25-24-16)15-7-2-3-8-20-15/h2-8,14H,9-11H2,1H3,(H2,21,22,26)(H,23,24,25). The third-order valence-electron chi connectivity index (χ3n) is 4.37. The summed E-state index contributed by atoms with van der Waals surface area (Å²) in [6, 6.07) is 11.2. The maximum Gasteiger partial charge on any atom is 0.315 e. The number of H-pyrrole nitrogens is 1. The predicted octanol–water partition coefficient (Wildman–Crippen LogP) is 1.98. The number of aromatic amines is 1. The molecule has 3 aromatic rings. The van der Waals surface area contributed by atoms with E-state index in [2.05, 4.69) is 30.8 Å². The molecule has 0 spiro atoms. The van der Waals surface area contributed by atoms with Crippen LogP contribution in [0, 0.1) is 6.92 Å². The number of benzene rings is 1. The van der Waals surface area contributed by atoms with Gasteiger partial charge < -0.3 is 15.4 Å². The molecule has 1 aliphatic rings. The van der Waals surface area contributed by atoms with Gasteiger partial charge in [0, 0.05) is 6.20 Å². The lowest BCUT2D eigenvalue weighted by Crippen LogP contribution is -2.47. The van der Waals surface area contributed by atoms with Crippen molar-refractivity contribution < 1.29 is 9.53 Å². The Bertz CT molecular complexity index is 940. The number of hydrogen-bond donors (Lipinski definition) is 3. The van der Waals surface area contributed by atoms with E-state index in [4.69, 9.17) is 4.74 Å². The molecule has 3 heterocycles. The largest absolute Gasteiger partial charge is 0.491 e. The fourth-order valence-electron chi connectivity index (χ4n) is 3.07. The Morgan fingerprint density at radius 3 is 3.07 bits per heavy atom. The molecule has 0 bridgehead atoms. The van der Waals surface area contributed by atoms with Gasteiger partial charge in [0.05, 0.1) is 12.6 Å². The van der Waals surface area contributed by atoms with Gasteiger partial charge in [-0.25, -0.2) is 9.78 Å². The van der Waals surface area contributed by atoms with E-state index in [1.54, 1.807) is 6.20 Å². The minimum Gasteiger partial charge on any atom is -0.491 e. The Balaban J connectivity index is 1.30. The summed E-state index contributed by atoms with van der Waals surface area (Å²) in [5, 5.41) is 12.7. The maximum atomic E-state index is 12.2. The average Bonchev–Trinajstić information content (AvgIpc) is 3.16. The zero-order valence-electron chi connectivity index (χ0n) is 14.9. The van der Waals surface area contributed by atoms with Gasteiger partial charge in [-0.1, -0.05) is 24.3 Å². The molecule has 1 atom stereocenters. The molecule has 1 aromatic carbocycles. The summed E-state index contributed by atoms with van der Waals surface area (Å²) < 4.78 is 5.80. The summed E-state index contributed by atoms with van der Waals surface area (Å²) in [5.74, 6) is 1.99. The fraction of sp³-hybridized carbons (Fsp3) is 0.263. The summed E-state index contributed by atoms with van der Waals surface area (Å²) in [4.78, 5) is 20.7. The number of nitrogens with zero attached hydrogens (tertiary/aromatic N) is 3. The van der Waals surface area contributed by atoms with Crippen LogP contribution in [0.3, 0.4) is 0 Å². The highest BCUT2D eigenvalue weighted by molar-refractivity contribution is 5.74. The van der Waals surface area contributed by atoms with Crippen LogP contribution in [0.15, 0.2) is 42.6 Å². The van der Waals surface area contributed by atoms with Gasteiger partial charge in [-0.2, -0.15) is 5.10 Å². The lowest BCUT2D eigenvalue weighted by Gasteiger charge is -2.27. The summed E-state index contributed by atoms with van der Waals surface area (Å²) in [7, 11) is 0. The van der Waals surface area contributed by atoms with Crippen molar-refractivity contribution in [1.29, 1.82) is 0 Å². The Kier molecular flexibility index (Phi) is 4.69. The summed E-state index contributed by atoms with van der Waals surface area (Å²) in [6.07, 6.45) is 2.43. The van der Waals surface area contributed by atoms with Crippen molar-refractivity contribution in [3.8, 4) is 17.3 Å². The lowest BCUT2D eigenvalue weighted by molar-refractivity contribution is 0.213. The first kappa shape index (κ1) is 17.0. The summed E-state index contributed by atoms with van der Waals surface area (Å²) in [5.41, 5.74) is 2.91. The second-order valence-electron chi connectivity index (χ2n) is 6.42. The Hall–Kier alpha value is -3.42. The Labute approximate surface area is 156 Å². The van der Waals surface area contributed by atoms with E-state index < -0.39 is 0 Å². The highest BCUT2D eigenvalue weighted by atomic mass is 16.5. The number of rotatable bonds is 4. The molecular weight excluding hydrogens is 344 g/mol. The molecule has 4 rings (SSSR count). The third-order valence-corrected chi connectivity index (χ3v) is 4.37. The van der Waals surface area contributed by atoms with E-state index >= 15 is 0 Å². The van der Waals surface area contributed by atoms with Gasteiger partial charge in [0.15, 0.2) is 5.82 Å². The normalized spacial score (nSPS) is 15.5. The summed E-state index contributed by atoms with van der Waals surface area (Å²) >= 11 is 0. The number of carbonyl (C=O) groups excluding carboxylic acids is 1. The van der Waals surface area contributed by atoms with Crippen LogP contribution in [-0.4, -0.2) is 38.8 Å². The molecule has 0 saturated carbocycles. The van der Waals surface area contributed by atoms with Crippen molar-refractivity contribution >= 4 is 6.03 Å². The molecule has 8 heteroatoms. The van der Waals surface area contributed by atoms with Crippen LogP contribution in [-0.2, 0) is 13.0 Å². The number of aromatic nitrogens is 4. The third kappa shape index (κ3) is 3.89. The smallest absolute Gasteiger partial charge is 0.315 e. The molecule has 2 amide bonds. The first-order valence-corrected chi connectivity index (χ1v) is 8.77. The zero-order chi connectivity index (χ0) is 18.6. The number of carbonyl (C=O) groups is 1. The minimum absolute atomic E-state index is 0.0712. The number of para-hydroxylation sites is 1. The van der Waals surface area contributed by atoms with Gasteiger partial charge in [-0.3, -0.25) is 10.1 Å². The lowest BCUT2D eigenvalue weighted by atomic mass is 10.0. The van der Waals surface area contributed by atoms with Gasteiger partial charge in [0.25, 0.3) is 0 Å². The van der Waals surface area contributed by atoms with E-state index in [1.165, 1.54) is 0 Å². The van der Waals surface area contributed by atoms with Crippen LogP contribution in [0.4, 0.5) is 4.79 Å². The Morgan fingerprint density at radius 2 is 2.22 bits per heavy atom. The van der Waals surface area contributed by atoms with Gasteiger partial charge in [0.2, 0.25) is 0 Å². The molecule has 1 aliphatic heterocycles. The number of pyridine rings is 1. The number of nitrogens with one attached hydrogen (secondary N) is 3. The van der Waals surface area contributed by atoms with Crippen molar-refractivity contribution in [1.82, 2.24) is 30.8 Å². The minimum atomic E-state index is -0.268. The monoisotopic (exact) mass is 364 g/mol. The SMILES string of the molecule is Cc1cccc2c1OCC(NC(=O)NCc1nc(-c3ccccn3)n[nH]1)C2. The van der Waals surface area contributed by atoms with E-state index in [9.17, 15) is 4.79 Å². The van der Waals surface area contributed by atoms with Gasteiger partial charge in [-0.15, -0.1) is 0 Å². The first-order valence-electron chi connectivity index (χ1n) is 8.77. The molecule has 0 radical (unpaired) electrons. The van der Waals surface area contributed by atoms with Crippen LogP contribution in [0.1, 0.15) is 17.0 Å². The molecule has 8 nitrogen and oxygen atoms in total. The van der Waals surface area contributed by atoms with Crippen LogP contribution in [0.2, 0.25) is 0 Å². The molecule has 138 valence electrons. The number of hydrogen-bond acceptors (Lipinski definition) is 5. The molecule has 2 aromatic heterocycles. The number of aryl methyl sites for hydroxylation is 1. The molecule has 0 fully saturated rings. The van der Waals surface area contributed by atoms with Gasteiger partial charge in [0.1, 0.15) is 23.9 Å². The number of urea groups is 1. The quantitative estimate of drug-likeness (QED) is 0.657. The maximum absolute atomic E-state index is 12.2. The molecule has 27 heavy (non-hydrogen) atoms. The van der Waals surface area contributed by atoms with Crippen molar-refractivity contribution in [2.75, 3.05) is 6.61 Å². The molecule has 0 aliphatic carbocycles. The fourth-order valence-corrected chi connectivity index (χ4v) is 3.07. The summed E-state index contributed by atoms with van der Waals surface area (Å²) in [6.45, 7) is 2.72. The molecule has 3 N–H and O–H groups in total. The number of amides is 2. The van der Waals surface area contributed by atoms with E-state index in [0.29, 0.717) is 23.9 Å². The number of ether oxygens (including phenoxy) is 1. The topological polar surface area (TPSA) is 105 Å². The zero-order valence-corrected chi connectivity index (χ0v) is 14.9. The number of fused-ring (bicyclic) bond motifs is 1. The average molecular weight is 364 g/mol. The van der Waals surface area contributed by atoms with Gasteiger partial charge >= 0.3 is 6.03 Å². The van der Waals surface area contributed by atoms with Crippen LogP contribution in [0.5, 0.6) is 5.75 Å². The van der Waals surface area contributed by atoms with Crippen molar-refractivity contribution in [3.05, 3.63) is 59.5 Å². The van der Waals surface area contributed by atoms with Crippen molar-refractivity contribution in [2.24, 2.45) is 0 Å². The highest BCUT2D eigenvalue weighted by Crippen LogP contribution is 2.28. The van der Waals surface area contributed by atoms with Gasteiger partial charge in [-0.05, 0) is 36.6 Å². The van der Waals surface area contributed by atoms with Crippen molar-refractivity contribution in [2.45, 2.75) is 25.9 Å². The van der Waals surface area contributed by atoms with E-state index in [0.717, 1.165) is 23.3 Å². The molecule has 1 unspecified atom stereocenters. The molecule has 0 saturated heterocycles. The molecular formula is C19H20N6O2. The second-order valence-corrected chi connectivity index (χ2v) is 6.42.